The number of hydrogen-bond donors (Lipinski definition) is 0. The van der Waals surface area contributed by atoms with Crippen LogP contribution in [0.2, 0.25) is 0 Å². The molecule has 2 aromatic rings. The van der Waals surface area contributed by atoms with E-state index in [1.165, 1.54) is 0 Å². The Morgan fingerprint density at radius 3 is 2.72 bits per heavy atom. The lowest BCUT2D eigenvalue weighted by Gasteiger charge is -2.07. The lowest BCUT2D eigenvalue weighted by atomic mass is 10.3. The third-order valence-corrected chi connectivity index (χ3v) is 2.90. The molecule has 0 aliphatic carbocycles. The molecule has 0 spiro atoms. The van der Waals surface area contributed by atoms with Gasteiger partial charge in [-0.25, -0.2) is 0 Å². The van der Waals surface area contributed by atoms with Crippen LogP contribution in [0.5, 0.6) is 0 Å². The molecule has 4 heteroatoms. The lowest BCUT2D eigenvalue weighted by Crippen LogP contribution is -2.23. The molecule has 0 N–H and O–H groups in total. The molecule has 0 aliphatic heterocycles. The topological polar surface area (TPSA) is 36.2 Å². The Morgan fingerprint density at radius 2 is 2.06 bits per heavy atom. The lowest BCUT2D eigenvalue weighted by molar-refractivity contribution is 0.138. The van der Waals surface area contributed by atoms with Crippen LogP contribution in [0.1, 0.15) is 6.92 Å². The minimum absolute atomic E-state index is 0.0269. The first-order valence-electron chi connectivity index (χ1n) is 6.15. The highest BCUT2D eigenvalue weighted by Crippen LogP contribution is 2.11. The molecule has 0 fully saturated rings. The molecule has 18 heavy (non-hydrogen) atoms. The predicted molar refractivity (Wildman–Crippen MR) is 72.9 cm³/mol. The average Bonchev–Trinajstić information content (AvgIpc) is 2.77. The number of aromatic nitrogens is 2. The van der Waals surface area contributed by atoms with E-state index < -0.39 is 0 Å². The van der Waals surface area contributed by atoms with Gasteiger partial charge in [-0.15, -0.1) is 6.58 Å². The number of ether oxygens (including phenoxy) is 1. The maximum Gasteiger partial charge on any atom is 0.275 e. The Morgan fingerprint density at radius 1 is 1.33 bits per heavy atom. The zero-order valence-electron chi connectivity index (χ0n) is 10.6. The summed E-state index contributed by atoms with van der Waals surface area (Å²) in [6, 6.07) is 3.91. The summed E-state index contributed by atoms with van der Waals surface area (Å²) in [5.74, 6) is 0. The van der Waals surface area contributed by atoms with Crippen molar-refractivity contribution < 1.29 is 4.74 Å². The molecule has 0 bridgehead atoms. The van der Waals surface area contributed by atoms with Gasteiger partial charge in [0.1, 0.15) is 5.52 Å². The highest BCUT2D eigenvalue weighted by Gasteiger charge is 2.07. The Kier molecular flexibility index (Phi) is 3.99. The van der Waals surface area contributed by atoms with Crippen molar-refractivity contribution in [3.8, 4) is 0 Å². The molecule has 96 valence electrons. The van der Waals surface area contributed by atoms with E-state index in [0.29, 0.717) is 26.3 Å². The number of fused-ring (bicyclic) bond motifs is 1. The molecule has 0 aliphatic rings. The SMILES string of the molecule is C=CCn1ccc2ccn(CCOCC)c(=O)c21. The van der Waals surface area contributed by atoms with Crippen LogP contribution in [-0.2, 0) is 17.8 Å². The van der Waals surface area contributed by atoms with Crippen LogP contribution in [0.4, 0.5) is 0 Å². The van der Waals surface area contributed by atoms with Gasteiger partial charge in [-0.05, 0) is 19.1 Å². The van der Waals surface area contributed by atoms with Crippen LogP contribution >= 0.6 is 0 Å². The van der Waals surface area contributed by atoms with Crippen molar-refractivity contribution in [2.75, 3.05) is 13.2 Å². The van der Waals surface area contributed by atoms with Gasteiger partial charge >= 0.3 is 0 Å². The highest BCUT2D eigenvalue weighted by molar-refractivity contribution is 5.78. The summed E-state index contributed by atoms with van der Waals surface area (Å²) in [5, 5.41) is 0.967. The van der Waals surface area contributed by atoms with Crippen molar-refractivity contribution in [1.82, 2.24) is 9.13 Å². The number of nitrogens with zero attached hydrogens (tertiary/aromatic N) is 2. The van der Waals surface area contributed by atoms with Crippen molar-refractivity contribution in [3.63, 3.8) is 0 Å². The second kappa shape index (κ2) is 5.69. The van der Waals surface area contributed by atoms with E-state index >= 15 is 0 Å². The van der Waals surface area contributed by atoms with E-state index in [2.05, 4.69) is 6.58 Å². The number of pyridine rings is 1. The Hall–Kier alpha value is -1.81. The monoisotopic (exact) mass is 246 g/mol. The summed E-state index contributed by atoms with van der Waals surface area (Å²) in [6.07, 6.45) is 5.53. The van der Waals surface area contributed by atoms with E-state index in [-0.39, 0.29) is 5.56 Å². The normalized spacial score (nSPS) is 10.9. The van der Waals surface area contributed by atoms with Crippen molar-refractivity contribution in [1.29, 1.82) is 0 Å². The van der Waals surface area contributed by atoms with Crippen LogP contribution in [-0.4, -0.2) is 22.3 Å². The number of allylic oxidation sites excluding steroid dienone is 1. The van der Waals surface area contributed by atoms with Crippen molar-refractivity contribution in [3.05, 3.63) is 47.5 Å². The van der Waals surface area contributed by atoms with Gasteiger partial charge in [-0.3, -0.25) is 4.79 Å². The quantitative estimate of drug-likeness (QED) is 0.577. The van der Waals surface area contributed by atoms with Gasteiger partial charge < -0.3 is 13.9 Å². The van der Waals surface area contributed by atoms with Crippen LogP contribution in [0, 0.1) is 0 Å². The molecule has 0 unspecified atom stereocenters. The maximum absolute atomic E-state index is 12.3. The fourth-order valence-electron chi connectivity index (χ4n) is 2.02. The van der Waals surface area contributed by atoms with Gasteiger partial charge in [-0.2, -0.15) is 0 Å². The van der Waals surface area contributed by atoms with Crippen LogP contribution in [0.25, 0.3) is 10.9 Å². The van der Waals surface area contributed by atoms with Crippen LogP contribution in [0.15, 0.2) is 42.0 Å². The molecular weight excluding hydrogens is 228 g/mol. The molecular formula is C14H18N2O2. The molecule has 2 aromatic heterocycles. The van der Waals surface area contributed by atoms with E-state index in [9.17, 15) is 4.79 Å². The van der Waals surface area contributed by atoms with E-state index in [1.54, 1.807) is 10.6 Å². The van der Waals surface area contributed by atoms with Crippen molar-refractivity contribution >= 4 is 10.9 Å². The van der Waals surface area contributed by atoms with Gasteiger partial charge in [0.05, 0.1) is 6.61 Å². The third kappa shape index (κ3) is 2.38. The second-order valence-corrected chi connectivity index (χ2v) is 4.07. The van der Waals surface area contributed by atoms with Crippen molar-refractivity contribution in [2.45, 2.75) is 20.0 Å². The summed E-state index contributed by atoms with van der Waals surface area (Å²) in [6.45, 7) is 8.11. The first-order valence-corrected chi connectivity index (χ1v) is 6.15. The van der Waals surface area contributed by atoms with Crippen LogP contribution < -0.4 is 5.56 Å². The summed E-state index contributed by atoms with van der Waals surface area (Å²) >= 11 is 0. The Labute approximate surface area is 106 Å². The maximum atomic E-state index is 12.3. The molecule has 0 saturated carbocycles. The molecule has 2 rings (SSSR count). The Bertz CT molecular complexity index is 595. The Balaban J connectivity index is 2.38. The minimum Gasteiger partial charge on any atom is -0.380 e. The zero-order valence-corrected chi connectivity index (χ0v) is 10.6. The smallest absolute Gasteiger partial charge is 0.275 e. The average molecular weight is 246 g/mol. The molecule has 2 heterocycles. The predicted octanol–water partition coefficient (Wildman–Crippen LogP) is 2.03. The van der Waals surface area contributed by atoms with Gasteiger partial charge in [0.15, 0.2) is 0 Å². The summed E-state index contributed by atoms with van der Waals surface area (Å²) < 4.78 is 8.89. The van der Waals surface area contributed by atoms with Gasteiger partial charge in [0, 0.05) is 37.5 Å². The van der Waals surface area contributed by atoms with Crippen LogP contribution in [0.3, 0.4) is 0 Å². The van der Waals surface area contributed by atoms with Gasteiger partial charge in [-0.1, -0.05) is 6.08 Å². The van der Waals surface area contributed by atoms with Gasteiger partial charge in [0.2, 0.25) is 0 Å². The standard InChI is InChI=1S/C14H18N2O2/c1-3-7-15-8-5-12-6-9-16(10-11-18-4-2)14(17)13(12)15/h3,5-6,8-9H,1,4,7,10-11H2,2H3. The molecule has 4 nitrogen and oxygen atoms in total. The van der Waals surface area contributed by atoms with Crippen molar-refractivity contribution in [2.24, 2.45) is 0 Å². The summed E-state index contributed by atoms with van der Waals surface area (Å²) in [4.78, 5) is 12.3. The highest BCUT2D eigenvalue weighted by atomic mass is 16.5. The first-order chi connectivity index (χ1) is 8.77. The molecule has 0 aromatic carbocycles. The fourth-order valence-corrected chi connectivity index (χ4v) is 2.02. The summed E-state index contributed by atoms with van der Waals surface area (Å²) in [7, 11) is 0. The van der Waals surface area contributed by atoms with E-state index in [0.717, 1.165) is 10.9 Å². The number of rotatable bonds is 6. The first kappa shape index (κ1) is 12.6. The zero-order chi connectivity index (χ0) is 13.0. The largest absolute Gasteiger partial charge is 0.380 e. The molecule has 0 radical (unpaired) electrons. The minimum atomic E-state index is 0.0269. The second-order valence-electron chi connectivity index (χ2n) is 4.07. The third-order valence-electron chi connectivity index (χ3n) is 2.90. The fraction of sp³-hybridized carbons (Fsp3) is 0.357. The number of hydrogen-bond acceptors (Lipinski definition) is 2. The van der Waals surface area contributed by atoms with E-state index in [4.69, 9.17) is 4.74 Å². The van der Waals surface area contributed by atoms with Gasteiger partial charge in [0.25, 0.3) is 5.56 Å². The molecule has 0 atom stereocenters. The summed E-state index contributed by atoms with van der Waals surface area (Å²) in [5.41, 5.74) is 0.757. The molecule has 0 saturated heterocycles. The van der Waals surface area contributed by atoms with E-state index in [1.807, 2.05) is 36.0 Å². The molecule has 0 amide bonds.